The first kappa shape index (κ1) is 20.6. The molecule has 0 radical (unpaired) electrons. The zero-order chi connectivity index (χ0) is 21.1. The van der Waals surface area contributed by atoms with Crippen LogP contribution in [0.3, 0.4) is 0 Å². The van der Waals surface area contributed by atoms with Crippen molar-refractivity contribution in [3.63, 3.8) is 0 Å². The van der Waals surface area contributed by atoms with E-state index in [0.29, 0.717) is 6.54 Å². The Hall–Kier alpha value is -2.66. The van der Waals surface area contributed by atoms with Gasteiger partial charge in [-0.3, -0.25) is 9.69 Å². The van der Waals surface area contributed by atoms with E-state index in [1.165, 1.54) is 36.0 Å². The van der Waals surface area contributed by atoms with Crippen LogP contribution in [0.5, 0.6) is 5.75 Å². The lowest BCUT2D eigenvalue weighted by Gasteiger charge is -2.29. The van der Waals surface area contributed by atoms with E-state index in [-0.39, 0.29) is 11.9 Å². The van der Waals surface area contributed by atoms with Gasteiger partial charge in [0.2, 0.25) is 0 Å². The summed E-state index contributed by atoms with van der Waals surface area (Å²) in [6, 6.07) is 14.4. The predicted molar refractivity (Wildman–Crippen MR) is 120 cm³/mol. The number of benzene rings is 2. The number of carbonyl (C=O) groups is 1. The second-order valence-electron chi connectivity index (χ2n) is 8.43. The number of ether oxygens (including phenoxy) is 1. The maximum atomic E-state index is 13.3. The molecule has 0 spiro atoms. The minimum atomic E-state index is -0.0556. The van der Waals surface area contributed by atoms with Crippen molar-refractivity contribution in [2.75, 3.05) is 26.7 Å². The fourth-order valence-electron chi connectivity index (χ4n) is 4.52. The van der Waals surface area contributed by atoms with Crippen LogP contribution in [0.4, 0.5) is 0 Å². The molecule has 1 atom stereocenters. The van der Waals surface area contributed by atoms with Crippen molar-refractivity contribution in [1.82, 2.24) is 9.91 Å². The maximum Gasteiger partial charge on any atom is 0.257 e. The number of methoxy groups -OCH3 is 1. The minimum absolute atomic E-state index is 0.0556. The first-order valence-corrected chi connectivity index (χ1v) is 10.9. The van der Waals surface area contributed by atoms with Crippen LogP contribution >= 0.6 is 0 Å². The molecular weight excluding hydrogens is 374 g/mol. The van der Waals surface area contributed by atoms with E-state index in [1.807, 2.05) is 24.3 Å². The van der Waals surface area contributed by atoms with Crippen molar-refractivity contribution >= 4 is 11.6 Å². The van der Waals surface area contributed by atoms with Gasteiger partial charge in [-0.2, -0.15) is 5.10 Å². The molecule has 2 aliphatic heterocycles. The molecular formula is C25H31N3O2. The summed E-state index contributed by atoms with van der Waals surface area (Å²) in [5, 5.41) is 6.58. The van der Waals surface area contributed by atoms with Crippen molar-refractivity contribution in [2.45, 2.75) is 45.6 Å². The Bertz CT molecular complexity index is 930. The van der Waals surface area contributed by atoms with Gasteiger partial charge in [0.25, 0.3) is 5.91 Å². The van der Waals surface area contributed by atoms with Crippen LogP contribution in [0, 0.1) is 13.8 Å². The number of aryl methyl sites for hydroxylation is 2. The molecule has 1 saturated heterocycles. The average molecular weight is 406 g/mol. The summed E-state index contributed by atoms with van der Waals surface area (Å²) in [6.07, 6.45) is 4.34. The van der Waals surface area contributed by atoms with Crippen LogP contribution in [-0.2, 0) is 4.79 Å². The van der Waals surface area contributed by atoms with Gasteiger partial charge in [-0.25, -0.2) is 5.01 Å². The summed E-state index contributed by atoms with van der Waals surface area (Å²) < 4.78 is 5.28. The monoisotopic (exact) mass is 405 g/mol. The number of amides is 1. The van der Waals surface area contributed by atoms with Crippen molar-refractivity contribution in [2.24, 2.45) is 5.10 Å². The fourth-order valence-corrected chi connectivity index (χ4v) is 4.52. The van der Waals surface area contributed by atoms with Gasteiger partial charge < -0.3 is 4.74 Å². The number of piperidine rings is 1. The van der Waals surface area contributed by atoms with Gasteiger partial charge in [0, 0.05) is 6.42 Å². The van der Waals surface area contributed by atoms with Crippen LogP contribution in [0.2, 0.25) is 0 Å². The number of hydrogen-bond donors (Lipinski definition) is 0. The predicted octanol–water partition coefficient (Wildman–Crippen LogP) is 4.48. The van der Waals surface area contributed by atoms with Crippen molar-refractivity contribution < 1.29 is 9.53 Å². The maximum absolute atomic E-state index is 13.3. The molecule has 158 valence electrons. The van der Waals surface area contributed by atoms with Gasteiger partial charge in [-0.05, 0) is 80.7 Å². The van der Waals surface area contributed by atoms with E-state index in [4.69, 9.17) is 9.84 Å². The highest BCUT2D eigenvalue weighted by Gasteiger charge is 2.34. The summed E-state index contributed by atoms with van der Waals surface area (Å²) in [4.78, 5) is 15.6. The molecule has 4 rings (SSSR count). The zero-order valence-corrected chi connectivity index (χ0v) is 18.2. The third-order valence-electron chi connectivity index (χ3n) is 6.18. The minimum Gasteiger partial charge on any atom is -0.497 e. The number of rotatable bonds is 5. The Morgan fingerprint density at radius 2 is 1.80 bits per heavy atom. The number of nitrogens with zero attached hydrogens (tertiary/aromatic N) is 3. The summed E-state index contributed by atoms with van der Waals surface area (Å²) in [5.74, 6) is 0.909. The lowest BCUT2D eigenvalue weighted by molar-refractivity contribution is -0.134. The number of likely N-dealkylation sites (tertiary alicyclic amines) is 1. The molecule has 0 saturated carbocycles. The largest absolute Gasteiger partial charge is 0.497 e. The molecule has 0 bridgehead atoms. The molecule has 5 heteroatoms. The highest BCUT2D eigenvalue weighted by atomic mass is 16.5. The third-order valence-corrected chi connectivity index (χ3v) is 6.18. The summed E-state index contributed by atoms with van der Waals surface area (Å²) in [6.45, 7) is 6.68. The number of carbonyl (C=O) groups excluding carboxylic acids is 1. The van der Waals surface area contributed by atoms with Gasteiger partial charge >= 0.3 is 0 Å². The first-order chi connectivity index (χ1) is 14.5. The van der Waals surface area contributed by atoms with E-state index >= 15 is 0 Å². The second kappa shape index (κ2) is 9.00. The lowest BCUT2D eigenvalue weighted by Crippen LogP contribution is -2.40. The lowest BCUT2D eigenvalue weighted by atomic mass is 9.94. The van der Waals surface area contributed by atoms with E-state index in [2.05, 4.69) is 36.9 Å². The van der Waals surface area contributed by atoms with Gasteiger partial charge in [-0.15, -0.1) is 0 Å². The topological polar surface area (TPSA) is 45.1 Å². The smallest absolute Gasteiger partial charge is 0.257 e. The van der Waals surface area contributed by atoms with Crippen molar-refractivity contribution in [3.8, 4) is 5.75 Å². The normalized spacial score (nSPS) is 19.6. The van der Waals surface area contributed by atoms with Crippen LogP contribution in [-0.4, -0.2) is 48.3 Å². The first-order valence-electron chi connectivity index (χ1n) is 10.9. The van der Waals surface area contributed by atoms with Gasteiger partial charge in [0.15, 0.2) is 0 Å². The fraction of sp³-hybridized carbons (Fsp3) is 0.440. The van der Waals surface area contributed by atoms with E-state index in [1.54, 1.807) is 12.1 Å². The van der Waals surface area contributed by atoms with Crippen LogP contribution < -0.4 is 4.74 Å². The third kappa shape index (κ3) is 4.41. The second-order valence-corrected chi connectivity index (χ2v) is 8.43. The molecule has 2 aromatic rings. The van der Waals surface area contributed by atoms with E-state index in [9.17, 15) is 4.79 Å². The SMILES string of the molecule is COc1ccc(C2=NN(C(=O)CN3CCCCC3)C(c3ccc(C)cc3C)C2)cc1. The quantitative estimate of drug-likeness (QED) is 0.737. The summed E-state index contributed by atoms with van der Waals surface area (Å²) in [5.41, 5.74) is 5.62. The van der Waals surface area contributed by atoms with E-state index in [0.717, 1.165) is 36.5 Å². The zero-order valence-electron chi connectivity index (χ0n) is 18.2. The molecule has 30 heavy (non-hydrogen) atoms. The van der Waals surface area contributed by atoms with Gasteiger partial charge in [0.05, 0.1) is 25.4 Å². The Morgan fingerprint density at radius 3 is 2.47 bits per heavy atom. The van der Waals surface area contributed by atoms with Crippen LogP contribution in [0.1, 0.15) is 54.0 Å². The van der Waals surface area contributed by atoms with Crippen LogP contribution in [0.15, 0.2) is 47.6 Å². The molecule has 1 unspecified atom stereocenters. The highest BCUT2D eigenvalue weighted by Crippen LogP contribution is 2.35. The Balaban J connectivity index is 1.62. The summed E-state index contributed by atoms with van der Waals surface area (Å²) in [7, 11) is 1.67. The van der Waals surface area contributed by atoms with Crippen molar-refractivity contribution in [3.05, 3.63) is 64.7 Å². The molecule has 2 aromatic carbocycles. The molecule has 0 aliphatic carbocycles. The molecule has 1 amide bonds. The molecule has 0 N–H and O–H groups in total. The van der Waals surface area contributed by atoms with Crippen molar-refractivity contribution in [1.29, 1.82) is 0 Å². The molecule has 2 aliphatic rings. The Morgan fingerprint density at radius 1 is 1.07 bits per heavy atom. The Kier molecular flexibility index (Phi) is 6.18. The molecule has 5 nitrogen and oxygen atoms in total. The van der Waals surface area contributed by atoms with Gasteiger partial charge in [-0.1, -0.05) is 30.2 Å². The average Bonchev–Trinajstić information content (AvgIpc) is 3.20. The Labute approximate surface area is 179 Å². The van der Waals surface area contributed by atoms with Gasteiger partial charge in [0.1, 0.15) is 5.75 Å². The summed E-state index contributed by atoms with van der Waals surface area (Å²) >= 11 is 0. The van der Waals surface area contributed by atoms with Crippen LogP contribution in [0.25, 0.3) is 0 Å². The highest BCUT2D eigenvalue weighted by molar-refractivity contribution is 6.03. The molecule has 0 aromatic heterocycles. The molecule has 2 heterocycles. The number of hydrogen-bond acceptors (Lipinski definition) is 4. The number of hydrazone groups is 1. The molecule has 1 fully saturated rings. The van der Waals surface area contributed by atoms with E-state index < -0.39 is 0 Å². The standard InChI is InChI=1S/C25H31N3O2/c1-18-7-12-22(19(2)15-18)24-16-23(20-8-10-21(30-3)11-9-20)26-28(24)25(29)17-27-13-5-4-6-14-27/h7-12,15,24H,4-6,13-14,16-17H2,1-3H3.